The maximum absolute atomic E-state index is 13.3. The van der Waals surface area contributed by atoms with Gasteiger partial charge in [-0.05, 0) is 38.7 Å². The summed E-state index contributed by atoms with van der Waals surface area (Å²) in [4.78, 5) is 37.1. The fraction of sp³-hybridized carbons (Fsp3) is 0.550. The van der Waals surface area contributed by atoms with Crippen LogP contribution in [0.4, 0.5) is 0 Å². The van der Waals surface area contributed by atoms with Gasteiger partial charge in [0.1, 0.15) is 11.2 Å². The number of fused-ring (bicyclic) bond motifs is 1. The minimum absolute atomic E-state index is 0.205. The zero-order valence-corrected chi connectivity index (χ0v) is 15.9. The molecule has 1 unspecified atom stereocenters. The van der Waals surface area contributed by atoms with E-state index in [2.05, 4.69) is 0 Å². The van der Waals surface area contributed by atoms with E-state index in [-0.39, 0.29) is 18.8 Å². The second-order valence-electron chi connectivity index (χ2n) is 6.71. The number of rotatable bonds is 9. The Labute approximate surface area is 159 Å². The van der Waals surface area contributed by atoms with Crippen molar-refractivity contribution in [3.8, 4) is 5.75 Å². The highest BCUT2D eigenvalue weighted by molar-refractivity contribution is 6.14. The molecule has 0 radical (unpaired) electrons. The standard InChI is InChI=1S/C20H27NO6/c1-3-27-19(24)20(12-6-4-5-10-17(22)21-25)13-11-14-15(18(20)23)8-7-9-16(14)26-2/h7-9,25H,3-6,10-13H2,1-2H3,(H,21,22). The lowest BCUT2D eigenvalue weighted by Crippen LogP contribution is -2.44. The minimum atomic E-state index is -1.19. The molecule has 7 nitrogen and oxygen atoms in total. The molecule has 2 rings (SSSR count). The van der Waals surface area contributed by atoms with Gasteiger partial charge in [0, 0.05) is 17.5 Å². The van der Waals surface area contributed by atoms with Crippen molar-refractivity contribution in [1.29, 1.82) is 0 Å². The summed E-state index contributed by atoms with van der Waals surface area (Å²) in [7, 11) is 1.57. The largest absolute Gasteiger partial charge is 0.496 e. The highest BCUT2D eigenvalue weighted by Gasteiger charge is 2.49. The molecule has 0 aromatic heterocycles. The number of carbonyl (C=O) groups is 3. The molecule has 1 aliphatic carbocycles. The maximum Gasteiger partial charge on any atom is 0.320 e. The predicted molar refractivity (Wildman–Crippen MR) is 97.7 cm³/mol. The molecule has 0 saturated carbocycles. The van der Waals surface area contributed by atoms with Gasteiger partial charge in [-0.3, -0.25) is 19.6 Å². The smallest absolute Gasteiger partial charge is 0.320 e. The van der Waals surface area contributed by atoms with Gasteiger partial charge in [0.2, 0.25) is 5.91 Å². The van der Waals surface area contributed by atoms with Crippen LogP contribution in [0.2, 0.25) is 0 Å². The molecule has 1 aromatic rings. The summed E-state index contributed by atoms with van der Waals surface area (Å²) in [6, 6.07) is 5.30. The van der Waals surface area contributed by atoms with E-state index in [1.54, 1.807) is 31.6 Å². The number of ether oxygens (including phenoxy) is 2. The minimum Gasteiger partial charge on any atom is -0.496 e. The van der Waals surface area contributed by atoms with Crippen LogP contribution >= 0.6 is 0 Å². The third kappa shape index (κ3) is 4.47. The molecular weight excluding hydrogens is 350 g/mol. The molecule has 0 fully saturated rings. The van der Waals surface area contributed by atoms with E-state index in [1.165, 1.54) is 0 Å². The van der Waals surface area contributed by atoms with Crippen LogP contribution in [0.5, 0.6) is 5.75 Å². The molecule has 1 atom stereocenters. The third-order valence-corrected chi connectivity index (χ3v) is 5.13. The zero-order valence-electron chi connectivity index (χ0n) is 15.9. The number of methoxy groups -OCH3 is 1. The molecule has 148 valence electrons. The van der Waals surface area contributed by atoms with E-state index < -0.39 is 17.3 Å². The number of nitrogens with one attached hydrogen (secondary N) is 1. The number of hydrogen-bond donors (Lipinski definition) is 2. The highest BCUT2D eigenvalue weighted by atomic mass is 16.5. The molecular formula is C20H27NO6. The van der Waals surface area contributed by atoms with E-state index in [0.717, 1.165) is 5.56 Å². The van der Waals surface area contributed by atoms with Gasteiger partial charge in [0.15, 0.2) is 5.78 Å². The molecule has 0 aliphatic heterocycles. The van der Waals surface area contributed by atoms with Crippen molar-refractivity contribution in [2.24, 2.45) is 5.41 Å². The first-order valence-corrected chi connectivity index (χ1v) is 9.31. The number of hydroxylamine groups is 1. The Bertz CT molecular complexity index is 702. The Morgan fingerprint density at radius 2 is 2.04 bits per heavy atom. The van der Waals surface area contributed by atoms with E-state index >= 15 is 0 Å². The van der Waals surface area contributed by atoms with Gasteiger partial charge in [0.25, 0.3) is 0 Å². The number of benzene rings is 1. The average molecular weight is 377 g/mol. The highest BCUT2D eigenvalue weighted by Crippen LogP contribution is 2.43. The summed E-state index contributed by atoms with van der Waals surface area (Å²) in [6.07, 6.45) is 3.39. The molecule has 7 heteroatoms. The lowest BCUT2D eigenvalue weighted by atomic mass is 9.67. The molecule has 2 N–H and O–H groups in total. The van der Waals surface area contributed by atoms with Crippen LogP contribution in [0, 0.1) is 5.41 Å². The van der Waals surface area contributed by atoms with Crippen molar-refractivity contribution in [3.63, 3.8) is 0 Å². The molecule has 0 bridgehead atoms. The van der Waals surface area contributed by atoms with Crippen molar-refractivity contribution in [1.82, 2.24) is 5.48 Å². The maximum atomic E-state index is 13.3. The number of unbranched alkanes of at least 4 members (excludes halogenated alkanes) is 2. The normalized spacial score (nSPS) is 18.6. The summed E-state index contributed by atoms with van der Waals surface area (Å²) < 4.78 is 10.6. The summed E-state index contributed by atoms with van der Waals surface area (Å²) in [6.45, 7) is 1.94. The number of Topliss-reactive ketones (excluding diaryl/α,β-unsaturated/α-hetero) is 1. The number of carbonyl (C=O) groups excluding carboxylic acids is 3. The Hall–Kier alpha value is -2.41. The van der Waals surface area contributed by atoms with Crippen molar-refractivity contribution in [2.75, 3.05) is 13.7 Å². The lowest BCUT2D eigenvalue weighted by molar-refractivity contribution is -0.153. The number of hydrogen-bond acceptors (Lipinski definition) is 6. The van der Waals surface area contributed by atoms with Crippen molar-refractivity contribution >= 4 is 17.7 Å². The molecule has 1 amide bonds. The number of amides is 1. The van der Waals surface area contributed by atoms with Crippen LogP contribution in [-0.4, -0.2) is 36.6 Å². The monoisotopic (exact) mass is 377 g/mol. The Morgan fingerprint density at radius 1 is 1.26 bits per heavy atom. The molecule has 0 heterocycles. The topological polar surface area (TPSA) is 102 Å². The van der Waals surface area contributed by atoms with Gasteiger partial charge in [-0.15, -0.1) is 0 Å². The lowest BCUT2D eigenvalue weighted by Gasteiger charge is -2.35. The summed E-state index contributed by atoms with van der Waals surface area (Å²) in [5.74, 6) is -0.469. The average Bonchev–Trinajstić information content (AvgIpc) is 2.69. The van der Waals surface area contributed by atoms with Gasteiger partial charge in [-0.25, -0.2) is 5.48 Å². The SMILES string of the molecule is CCOC(=O)C1(CCCCCC(=O)NO)CCc2c(OC)cccc2C1=O. The van der Waals surface area contributed by atoms with Crippen molar-refractivity contribution in [2.45, 2.75) is 51.9 Å². The molecule has 0 spiro atoms. The predicted octanol–water partition coefficient (Wildman–Crippen LogP) is 2.83. The Balaban J connectivity index is 2.18. The first kappa shape index (κ1) is 20.9. The Morgan fingerprint density at radius 3 is 2.70 bits per heavy atom. The second kappa shape index (κ2) is 9.50. The fourth-order valence-corrected chi connectivity index (χ4v) is 3.69. The number of esters is 1. The van der Waals surface area contributed by atoms with E-state index in [0.29, 0.717) is 49.8 Å². The third-order valence-electron chi connectivity index (χ3n) is 5.13. The molecule has 0 saturated heterocycles. The van der Waals surface area contributed by atoms with Crippen LogP contribution in [-0.2, 0) is 20.7 Å². The molecule has 1 aliphatic rings. The quantitative estimate of drug-likeness (QED) is 0.226. The summed E-state index contributed by atoms with van der Waals surface area (Å²) in [5.41, 5.74) is 1.77. The van der Waals surface area contributed by atoms with Crippen molar-refractivity contribution < 1.29 is 29.1 Å². The van der Waals surface area contributed by atoms with Crippen LogP contribution in [0.15, 0.2) is 18.2 Å². The van der Waals surface area contributed by atoms with Crippen LogP contribution < -0.4 is 10.2 Å². The first-order valence-electron chi connectivity index (χ1n) is 9.31. The van der Waals surface area contributed by atoms with Crippen LogP contribution in [0.25, 0.3) is 0 Å². The molecule has 27 heavy (non-hydrogen) atoms. The second-order valence-corrected chi connectivity index (χ2v) is 6.71. The zero-order chi connectivity index (χ0) is 19.9. The van der Waals surface area contributed by atoms with E-state index in [9.17, 15) is 14.4 Å². The Kier molecular flexibility index (Phi) is 7.36. The summed E-state index contributed by atoms with van der Waals surface area (Å²) >= 11 is 0. The van der Waals surface area contributed by atoms with E-state index in [4.69, 9.17) is 14.7 Å². The van der Waals surface area contributed by atoms with Gasteiger partial charge in [-0.2, -0.15) is 0 Å². The van der Waals surface area contributed by atoms with Crippen molar-refractivity contribution in [3.05, 3.63) is 29.3 Å². The van der Waals surface area contributed by atoms with Gasteiger partial charge in [-0.1, -0.05) is 25.0 Å². The van der Waals surface area contributed by atoms with Crippen LogP contribution in [0.3, 0.4) is 0 Å². The summed E-state index contributed by atoms with van der Waals surface area (Å²) in [5, 5.41) is 8.52. The number of ketones is 1. The molecule has 1 aromatic carbocycles. The van der Waals surface area contributed by atoms with Crippen LogP contribution in [0.1, 0.15) is 61.4 Å². The first-order chi connectivity index (χ1) is 13.0. The van der Waals surface area contributed by atoms with Gasteiger partial charge in [0.05, 0.1) is 13.7 Å². The van der Waals surface area contributed by atoms with Gasteiger partial charge < -0.3 is 9.47 Å². The fourth-order valence-electron chi connectivity index (χ4n) is 3.69. The van der Waals surface area contributed by atoms with E-state index in [1.807, 2.05) is 6.07 Å². The van der Waals surface area contributed by atoms with Gasteiger partial charge >= 0.3 is 5.97 Å².